The minimum absolute atomic E-state index is 0.0727. The van der Waals surface area contributed by atoms with Crippen LogP contribution in [0.1, 0.15) is 26.2 Å². The molecule has 2 heterocycles. The van der Waals surface area contributed by atoms with Crippen molar-refractivity contribution in [2.24, 2.45) is 11.8 Å². The fourth-order valence-corrected chi connectivity index (χ4v) is 3.89. The molecule has 2 aliphatic rings. The second kappa shape index (κ2) is 5.29. The van der Waals surface area contributed by atoms with Gasteiger partial charge >= 0.3 is 5.97 Å². The smallest absolute Gasteiger partial charge is 0.308 e. The maximum absolute atomic E-state index is 12.2. The van der Waals surface area contributed by atoms with Gasteiger partial charge in [-0.25, -0.2) is 0 Å². The number of aliphatic carboxylic acids is 1. The normalized spacial score (nSPS) is 33.7. The molecule has 0 bridgehead atoms. The van der Waals surface area contributed by atoms with Crippen LogP contribution < -0.4 is 0 Å². The van der Waals surface area contributed by atoms with Crippen LogP contribution in [-0.2, 0) is 9.59 Å². The maximum Gasteiger partial charge on any atom is 0.308 e. The average Bonchev–Trinajstić information content (AvgIpc) is 2.71. The highest BCUT2D eigenvalue weighted by Crippen LogP contribution is 2.30. The fraction of sp³-hybridized carbons (Fsp3) is 0.833. The van der Waals surface area contributed by atoms with Crippen molar-refractivity contribution in [1.29, 1.82) is 0 Å². The van der Waals surface area contributed by atoms with E-state index in [4.69, 9.17) is 5.11 Å². The van der Waals surface area contributed by atoms with Gasteiger partial charge in [0, 0.05) is 13.1 Å². The van der Waals surface area contributed by atoms with Gasteiger partial charge in [-0.2, -0.15) is 0 Å². The number of carbonyl (C=O) groups is 2. The zero-order chi connectivity index (χ0) is 12.4. The lowest BCUT2D eigenvalue weighted by Crippen LogP contribution is -2.37. The van der Waals surface area contributed by atoms with Crippen molar-refractivity contribution >= 4 is 23.6 Å². The van der Waals surface area contributed by atoms with Gasteiger partial charge in [-0.1, -0.05) is 13.3 Å². The van der Waals surface area contributed by atoms with E-state index in [0.29, 0.717) is 13.1 Å². The van der Waals surface area contributed by atoms with E-state index in [0.717, 1.165) is 18.6 Å². The van der Waals surface area contributed by atoms with E-state index >= 15 is 0 Å². The predicted octanol–water partition coefficient (Wildman–Crippen LogP) is 1.45. The molecule has 0 aromatic heterocycles. The Kier molecular flexibility index (Phi) is 3.97. The van der Waals surface area contributed by atoms with Crippen molar-refractivity contribution in [2.45, 2.75) is 31.4 Å². The van der Waals surface area contributed by atoms with Crippen molar-refractivity contribution in [3.63, 3.8) is 0 Å². The van der Waals surface area contributed by atoms with Crippen LogP contribution >= 0.6 is 11.8 Å². The van der Waals surface area contributed by atoms with E-state index in [-0.39, 0.29) is 23.0 Å². The molecule has 0 aromatic rings. The molecule has 2 rings (SSSR count). The Hall–Kier alpha value is -0.710. The first-order valence-corrected chi connectivity index (χ1v) is 7.27. The maximum atomic E-state index is 12.2. The Morgan fingerprint density at radius 2 is 2.06 bits per heavy atom. The van der Waals surface area contributed by atoms with Gasteiger partial charge in [0.25, 0.3) is 0 Å². The first kappa shape index (κ1) is 12.7. The van der Waals surface area contributed by atoms with Gasteiger partial charge in [0.2, 0.25) is 5.91 Å². The van der Waals surface area contributed by atoms with Crippen LogP contribution in [0.3, 0.4) is 0 Å². The highest BCUT2D eigenvalue weighted by atomic mass is 32.2. The summed E-state index contributed by atoms with van der Waals surface area (Å²) in [5, 5.41) is 9.12. The Bertz CT molecular complexity index is 315. The molecule has 2 aliphatic heterocycles. The topological polar surface area (TPSA) is 57.6 Å². The largest absolute Gasteiger partial charge is 0.481 e. The van der Waals surface area contributed by atoms with Crippen molar-refractivity contribution in [1.82, 2.24) is 4.90 Å². The van der Waals surface area contributed by atoms with Crippen LogP contribution in [0, 0.1) is 11.8 Å². The second-order valence-electron chi connectivity index (χ2n) is 5.02. The van der Waals surface area contributed by atoms with Crippen LogP contribution in [0.15, 0.2) is 0 Å². The van der Waals surface area contributed by atoms with Gasteiger partial charge < -0.3 is 10.0 Å². The molecule has 1 amide bonds. The van der Waals surface area contributed by atoms with Crippen molar-refractivity contribution < 1.29 is 14.7 Å². The predicted molar refractivity (Wildman–Crippen MR) is 67.0 cm³/mol. The molecule has 0 aromatic carbocycles. The molecule has 0 saturated carbocycles. The summed E-state index contributed by atoms with van der Waals surface area (Å²) in [5.41, 5.74) is 0. The number of carbonyl (C=O) groups excluding carboxylic acids is 1. The minimum atomic E-state index is -0.774. The SMILES string of the molecule is CC1CN(C(=O)C2CCCCS2)CC1C(=O)O. The lowest BCUT2D eigenvalue weighted by atomic mass is 9.99. The monoisotopic (exact) mass is 257 g/mol. The zero-order valence-electron chi connectivity index (χ0n) is 10.1. The third-order valence-corrected chi connectivity index (χ3v) is 5.06. The highest BCUT2D eigenvalue weighted by molar-refractivity contribution is 8.00. The Labute approximate surface area is 106 Å². The highest BCUT2D eigenvalue weighted by Gasteiger charge is 2.39. The van der Waals surface area contributed by atoms with Crippen LogP contribution in [-0.4, -0.2) is 46.0 Å². The van der Waals surface area contributed by atoms with Crippen LogP contribution in [0.4, 0.5) is 0 Å². The van der Waals surface area contributed by atoms with Crippen LogP contribution in [0.25, 0.3) is 0 Å². The molecule has 0 spiro atoms. The number of carboxylic acid groups (broad SMARTS) is 1. The van der Waals surface area contributed by atoms with Crippen LogP contribution in [0.2, 0.25) is 0 Å². The van der Waals surface area contributed by atoms with E-state index in [2.05, 4.69) is 0 Å². The zero-order valence-corrected chi connectivity index (χ0v) is 10.9. The van der Waals surface area contributed by atoms with E-state index in [1.54, 1.807) is 16.7 Å². The molecule has 2 fully saturated rings. The molecule has 3 unspecified atom stereocenters. The average molecular weight is 257 g/mol. The summed E-state index contributed by atoms with van der Waals surface area (Å²) < 4.78 is 0. The van der Waals surface area contributed by atoms with Gasteiger partial charge in [-0.15, -0.1) is 11.8 Å². The van der Waals surface area contributed by atoms with Gasteiger partial charge in [-0.05, 0) is 24.5 Å². The van der Waals surface area contributed by atoms with Gasteiger partial charge in [0.05, 0.1) is 11.2 Å². The van der Waals surface area contributed by atoms with Gasteiger partial charge in [0.15, 0.2) is 0 Å². The number of carboxylic acids is 1. The van der Waals surface area contributed by atoms with Crippen LogP contribution in [0.5, 0.6) is 0 Å². The van der Waals surface area contributed by atoms with Gasteiger partial charge in [0.1, 0.15) is 0 Å². The third-order valence-electron chi connectivity index (χ3n) is 3.70. The standard InChI is InChI=1S/C12H19NO3S/c1-8-6-13(7-9(8)12(15)16)11(14)10-4-2-3-5-17-10/h8-10H,2-7H2,1H3,(H,15,16). The van der Waals surface area contributed by atoms with E-state index < -0.39 is 5.97 Å². The first-order valence-electron chi connectivity index (χ1n) is 6.23. The summed E-state index contributed by atoms with van der Waals surface area (Å²) in [6.07, 6.45) is 3.27. The Morgan fingerprint density at radius 3 is 2.59 bits per heavy atom. The summed E-state index contributed by atoms with van der Waals surface area (Å²) in [4.78, 5) is 25.0. The number of hydrogen-bond acceptors (Lipinski definition) is 3. The van der Waals surface area contributed by atoms with E-state index in [9.17, 15) is 9.59 Å². The Morgan fingerprint density at radius 1 is 1.29 bits per heavy atom. The first-order chi connectivity index (χ1) is 8.09. The van der Waals surface area contributed by atoms with Gasteiger partial charge in [-0.3, -0.25) is 9.59 Å². The summed E-state index contributed by atoms with van der Waals surface area (Å²) in [6.45, 7) is 2.92. The molecule has 0 radical (unpaired) electrons. The third kappa shape index (κ3) is 2.76. The molecule has 17 heavy (non-hydrogen) atoms. The summed E-state index contributed by atoms with van der Waals surface area (Å²) >= 11 is 1.73. The lowest BCUT2D eigenvalue weighted by molar-refractivity contribution is -0.142. The number of thioether (sulfide) groups is 1. The summed E-state index contributed by atoms with van der Waals surface area (Å²) in [6, 6.07) is 0. The number of amides is 1. The molecule has 1 N–H and O–H groups in total. The molecule has 2 saturated heterocycles. The molecule has 96 valence electrons. The molecular weight excluding hydrogens is 238 g/mol. The molecule has 4 nitrogen and oxygen atoms in total. The number of hydrogen-bond donors (Lipinski definition) is 1. The lowest BCUT2D eigenvalue weighted by Gasteiger charge is -2.25. The van der Waals surface area contributed by atoms with Crippen molar-refractivity contribution in [3.8, 4) is 0 Å². The minimum Gasteiger partial charge on any atom is -0.481 e. The number of likely N-dealkylation sites (tertiary alicyclic amines) is 1. The number of nitrogens with zero attached hydrogens (tertiary/aromatic N) is 1. The van der Waals surface area contributed by atoms with Crippen molar-refractivity contribution in [3.05, 3.63) is 0 Å². The Balaban J connectivity index is 1.94. The second-order valence-corrected chi connectivity index (χ2v) is 6.33. The van der Waals surface area contributed by atoms with Crippen molar-refractivity contribution in [2.75, 3.05) is 18.8 Å². The summed E-state index contributed by atoms with van der Waals surface area (Å²) in [7, 11) is 0. The fourth-order valence-electron chi connectivity index (χ4n) is 2.61. The number of rotatable bonds is 2. The molecule has 3 atom stereocenters. The molecule has 0 aliphatic carbocycles. The molecular formula is C12H19NO3S. The molecule has 5 heteroatoms. The van der Waals surface area contributed by atoms with E-state index in [1.165, 1.54) is 6.42 Å². The van der Waals surface area contributed by atoms with E-state index in [1.807, 2.05) is 6.92 Å². The quantitative estimate of drug-likeness (QED) is 0.813. The summed E-state index contributed by atoms with van der Waals surface area (Å²) in [5.74, 6) is 0.134.